The minimum absolute atomic E-state index is 0.117. The molecule has 2 aliphatic heterocycles. The Morgan fingerprint density at radius 2 is 1.39 bits per heavy atom. The third-order valence-electron chi connectivity index (χ3n) is 8.08. The molecule has 2 fully saturated rings. The first-order valence-corrected chi connectivity index (χ1v) is 14.4. The Hall–Kier alpha value is -2.52. The van der Waals surface area contributed by atoms with Crippen LogP contribution in [-0.2, 0) is 11.3 Å². The van der Waals surface area contributed by atoms with Crippen molar-refractivity contribution in [1.29, 1.82) is 0 Å². The number of rotatable bonds is 9. The first-order chi connectivity index (χ1) is 18.3. The average Bonchev–Trinajstić information content (AvgIpc) is 3.21. The maximum atomic E-state index is 13.5. The molecular formula is C31H33F2IN2O2. The average molecular weight is 631 g/mol. The molecule has 7 heteroatoms. The molecule has 2 saturated heterocycles. The van der Waals surface area contributed by atoms with E-state index in [4.69, 9.17) is 0 Å². The van der Waals surface area contributed by atoms with Crippen LogP contribution in [0.4, 0.5) is 8.78 Å². The van der Waals surface area contributed by atoms with Crippen LogP contribution in [0, 0.1) is 5.41 Å². The van der Waals surface area contributed by atoms with Crippen LogP contribution in [-0.4, -0.2) is 46.0 Å². The predicted molar refractivity (Wildman–Crippen MR) is 154 cm³/mol. The summed E-state index contributed by atoms with van der Waals surface area (Å²) in [5.74, 6) is 0.714. The minimum Gasteiger partial charge on any atom is -0.425 e. The Morgan fingerprint density at radius 3 is 1.95 bits per heavy atom. The molecule has 2 aliphatic rings. The lowest BCUT2D eigenvalue weighted by molar-refractivity contribution is -0.138. The van der Waals surface area contributed by atoms with E-state index < -0.39 is 4.12 Å². The number of ether oxygens (including phenoxy) is 1. The molecule has 5 rings (SSSR count). The van der Waals surface area contributed by atoms with Crippen molar-refractivity contribution in [3.63, 3.8) is 0 Å². The van der Waals surface area contributed by atoms with E-state index in [-0.39, 0.29) is 17.1 Å². The molecule has 3 aromatic rings. The summed E-state index contributed by atoms with van der Waals surface area (Å²) in [5.41, 5.74) is 3.35. The van der Waals surface area contributed by atoms with Crippen LogP contribution in [0.5, 0.6) is 5.75 Å². The van der Waals surface area contributed by atoms with Crippen molar-refractivity contribution in [1.82, 2.24) is 9.80 Å². The highest BCUT2D eigenvalue weighted by Crippen LogP contribution is 2.42. The normalized spacial score (nSPS) is 17.9. The van der Waals surface area contributed by atoms with Crippen molar-refractivity contribution >= 4 is 28.5 Å². The molecule has 1 amide bonds. The molecule has 0 unspecified atom stereocenters. The molecule has 0 saturated carbocycles. The lowest BCUT2D eigenvalue weighted by Crippen LogP contribution is -2.45. The van der Waals surface area contributed by atoms with Gasteiger partial charge in [0.1, 0.15) is 5.75 Å². The van der Waals surface area contributed by atoms with Crippen molar-refractivity contribution in [2.75, 3.05) is 26.2 Å². The summed E-state index contributed by atoms with van der Waals surface area (Å²) in [6, 6.07) is 28.0. The fraction of sp³-hybridized carbons (Fsp3) is 0.387. The smallest absolute Gasteiger partial charge is 0.425 e. The maximum absolute atomic E-state index is 13.5. The second-order valence-electron chi connectivity index (χ2n) is 10.5. The lowest BCUT2D eigenvalue weighted by Gasteiger charge is -2.38. The molecule has 0 bridgehead atoms. The van der Waals surface area contributed by atoms with Crippen molar-refractivity contribution in [3.8, 4) is 5.75 Å². The first kappa shape index (κ1) is 27.1. The fourth-order valence-corrected chi connectivity index (χ4v) is 6.19. The van der Waals surface area contributed by atoms with Crippen molar-refractivity contribution in [2.45, 2.75) is 42.3 Å². The van der Waals surface area contributed by atoms with E-state index in [0.717, 1.165) is 80.0 Å². The van der Waals surface area contributed by atoms with E-state index in [9.17, 15) is 13.6 Å². The van der Waals surface area contributed by atoms with Crippen LogP contribution < -0.4 is 4.74 Å². The Balaban J connectivity index is 1.15. The largest absolute Gasteiger partial charge is 0.451 e. The third kappa shape index (κ3) is 6.54. The number of alkyl halides is 3. The number of benzene rings is 3. The van der Waals surface area contributed by atoms with E-state index in [1.807, 2.05) is 4.90 Å². The summed E-state index contributed by atoms with van der Waals surface area (Å²) < 4.78 is 27.5. The van der Waals surface area contributed by atoms with Gasteiger partial charge in [-0.3, -0.25) is 4.79 Å². The summed E-state index contributed by atoms with van der Waals surface area (Å²) in [5, 5.41) is 0. The van der Waals surface area contributed by atoms with Gasteiger partial charge in [-0.05, 0) is 74.1 Å². The topological polar surface area (TPSA) is 32.8 Å². The Labute approximate surface area is 237 Å². The SMILES string of the molecule is O=C1N(Cc2ccc(OC(F)(F)I)cc2)CCC12CCN(CCC(c1ccccc1)c1ccccc1)CC2. The van der Waals surface area contributed by atoms with E-state index in [2.05, 4.69) is 70.3 Å². The van der Waals surface area contributed by atoms with Gasteiger partial charge in [-0.25, -0.2) is 0 Å². The van der Waals surface area contributed by atoms with Gasteiger partial charge in [0.25, 0.3) is 0 Å². The highest BCUT2D eigenvalue weighted by Gasteiger charge is 2.47. The Morgan fingerprint density at radius 1 is 0.842 bits per heavy atom. The number of hydrogen-bond donors (Lipinski definition) is 0. The maximum Gasteiger partial charge on any atom is 0.451 e. The summed E-state index contributed by atoms with van der Waals surface area (Å²) >= 11 is 0.956. The fourth-order valence-electron chi connectivity index (χ4n) is 5.94. The van der Waals surface area contributed by atoms with Gasteiger partial charge < -0.3 is 14.5 Å². The molecule has 2 heterocycles. The second kappa shape index (κ2) is 11.7. The number of carbonyl (C=O) groups excluding carboxylic acids is 1. The number of halogens is 3. The van der Waals surface area contributed by atoms with Gasteiger partial charge in [0.2, 0.25) is 5.91 Å². The molecule has 0 aromatic heterocycles. The van der Waals surface area contributed by atoms with E-state index in [0.29, 0.717) is 12.5 Å². The highest BCUT2D eigenvalue weighted by molar-refractivity contribution is 14.1. The monoisotopic (exact) mass is 630 g/mol. The zero-order valence-electron chi connectivity index (χ0n) is 21.4. The lowest BCUT2D eigenvalue weighted by atomic mass is 9.77. The van der Waals surface area contributed by atoms with Gasteiger partial charge in [0.15, 0.2) is 0 Å². The van der Waals surface area contributed by atoms with Crippen LogP contribution in [0.2, 0.25) is 0 Å². The molecule has 200 valence electrons. The summed E-state index contributed by atoms with van der Waals surface area (Å²) in [7, 11) is 0. The number of likely N-dealkylation sites (tertiary alicyclic amines) is 2. The quantitative estimate of drug-likeness (QED) is 0.187. The number of nitrogens with zero attached hydrogens (tertiary/aromatic N) is 2. The summed E-state index contributed by atoms with van der Waals surface area (Å²) in [4.78, 5) is 17.9. The van der Waals surface area contributed by atoms with Crippen LogP contribution in [0.15, 0.2) is 84.9 Å². The van der Waals surface area contributed by atoms with Gasteiger partial charge in [-0.1, -0.05) is 72.8 Å². The zero-order valence-corrected chi connectivity index (χ0v) is 23.5. The van der Waals surface area contributed by atoms with Gasteiger partial charge in [-0.2, -0.15) is 8.78 Å². The number of amides is 1. The molecule has 1 spiro atoms. The van der Waals surface area contributed by atoms with E-state index >= 15 is 0 Å². The highest BCUT2D eigenvalue weighted by atomic mass is 127. The van der Waals surface area contributed by atoms with Crippen molar-refractivity contribution < 1.29 is 18.3 Å². The molecule has 3 aromatic carbocycles. The molecule has 0 N–H and O–H groups in total. The number of hydrogen-bond acceptors (Lipinski definition) is 3. The standard InChI is InChI=1S/C31H33F2IN2O2/c32-31(33,34)38-27-13-11-24(12-14-27)23-36-22-18-30(29(36)37)16-20-35(21-17-30)19-15-28(25-7-3-1-4-8-25)26-9-5-2-6-10-26/h1-14,28H,15-23H2. The van der Waals surface area contributed by atoms with Crippen molar-refractivity contribution in [2.24, 2.45) is 5.41 Å². The van der Waals surface area contributed by atoms with Crippen LogP contribution in [0.3, 0.4) is 0 Å². The van der Waals surface area contributed by atoms with Gasteiger partial charge in [0, 0.05) is 19.0 Å². The molecule has 0 aliphatic carbocycles. The minimum atomic E-state index is -3.24. The van der Waals surface area contributed by atoms with Crippen LogP contribution >= 0.6 is 22.6 Å². The molecule has 0 atom stereocenters. The number of carbonyl (C=O) groups is 1. The summed E-state index contributed by atoms with van der Waals surface area (Å²) in [6.07, 6.45) is 3.71. The summed E-state index contributed by atoms with van der Waals surface area (Å²) in [6.45, 7) is 4.13. The van der Waals surface area contributed by atoms with Gasteiger partial charge >= 0.3 is 4.12 Å². The molecular weight excluding hydrogens is 597 g/mol. The predicted octanol–water partition coefficient (Wildman–Crippen LogP) is 7.09. The Kier molecular flexibility index (Phi) is 8.33. The first-order valence-electron chi connectivity index (χ1n) is 13.3. The number of piperidine rings is 1. The van der Waals surface area contributed by atoms with Gasteiger partial charge in [-0.15, -0.1) is 0 Å². The van der Waals surface area contributed by atoms with E-state index in [1.54, 1.807) is 12.1 Å². The zero-order chi connectivity index (χ0) is 26.6. The Bertz CT molecular complexity index is 1150. The van der Waals surface area contributed by atoms with Crippen LogP contribution in [0.25, 0.3) is 0 Å². The second-order valence-corrected chi connectivity index (χ2v) is 11.7. The molecule has 0 radical (unpaired) electrons. The van der Waals surface area contributed by atoms with Crippen molar-refractivity contribution in [3.05, 3.63) is 102 Å². The van der Waals surface area contributed by atoms with Crippen LogP contribution in [0.1, 0.15) is 48.3 Å². The molecule has 4 nitrogen and oxygen atoms in total. The third-order valence-corrected chi connectivity index (χ3v) is 8.30. The van der Waals surface area contributed by atoms with E-state index in [1.165, 1.54) is 23.3 Å². The van der Waals surface area contributed by atoms with Gasteiger partial charge in [0.05, 0.1) is 28.0 Å². The molecule has 38 heavy (non-hydrogen) atoms.